The van der Waals surface area contributed by atoms with Gasteiger partial charge in [0.05, 0.1) is 22.8 Å². The van der Waals surface area contributed by atoms with Crippen LogP contribution < -0.4 is 5.32 Å². The molecule has 1 N–H and O–H groups in total. The Morgan fingerprint density at radius 3 is 2.61 bits per heavy atom. The molecule has 5 nitrogen and oxygen atoms in total. The number of ether oxygens (including phenoxy) is 1. The highest BCUT2D eigenvalue weighted by molar-refractivity contribution is 9.10. The molecule has 0 saturated carbocycles. The maximum absolute atomic E-state index is 12.7. The van der Waals surface area contributed by atoms with Gasteiger partial charge < -0.3 is 10.1 Å². The molecule has 1 aromatic rings. The van der Waals surface area contributed by atoms with Crippen LogP contribution >= 0.6 is 15.9 Å². The van der Waals surface area contributed by atoms with Crippen molar-refractivity contribution >= 4 is 21.8 Å². The van der Waals surface area contributed by atoms with Crippen molar-refractivity contribution in [3.8, 4) is 0 Å². The highest BCUT2D eigenvalue weighted by Gasteiger charge is 2.37. The molecule has 23 heavy (non-hydrogen) atoms. The summed E-state index contributed by atoms with van der Waals surface area (Å²) in [5, 5.41) is 6.23. The molecule has 0 aliphatic rings. The SMILES string of the molecule is Cc1c(Br)c(C(F)(F)F)nn1CCC(=O)NCCCOC(C)C. The number of aryl methyl sites for hydroxylation is 1. The second-order valence-electron chi connectivity index (χ2n) is 5.34. The predicted molar refractivity (Wildman–Crippen MR) is 83.0 cm³/mol. The topological polar surface area (TPSA) is 56.2 Å². The van der Waals surface area contributed by atoms with E-state index >= 15 is 0 Å². The number of halogens is 4. The van der Waals surface area contributed by atoms with E-state index in [4.69, 9.17) is 4.74 Å². The molecule has 1 amide bonds. The number of aromatic nitrogens is 2. The van der Waals surface area contributed by atoms with Crippen molar-refractivity contribution in [1.29, 1.82) is 0 Å². The number of alkyl halides is 3. The summed E-state index contributed by atoms with van der Waals surface area (Å²) in [5.41, 5.74) is -0.628. The van der Waals surface area contributed by atoms with E-state index in [0.29, 0.717) is 25.3 Å². The van der Waals surface area contributed by atoms with Crippen molar-refractivity contribution in [3.05, 3.63) is 15.9 Å². The van der Waals surface area contributed by atoms with Crippen molar-refractivity contribution in [1.82, 2.24) is 15.1 Å². The van der Waals surface area contributed by atoms with E-state index in [1.165, 1.54) is 11.6 Å². The van der Waals surface area contributed by atoms with Crippen molar-refractivity contribution in [2.24, 2.45) is 0 Å². The van der Waals surface area contributed by atoms with Crippen LogP contribution in [0.3, 0.4) is 0 Å². The van der Waals surface area contributed by atoms with Gasteiger partial charge in [0.25, 0.3) is 0 Å². The Hall–Kier alpha value is -1.09. The van der Waals surface area contributed by atoms with Crippen LogP contribution in [0.1, 0.15) is 38.1 Å². The maximum atomic E-state index is 12.7. The van der Waals surface area contributed by atoms with Crippen LogP contribution in [0.2, 0.25) is 0 Å². The van der Waals surface area contributed by atoms with Gasteiger partial charge in [0.2, 0.25) is 5.91 Å². The fourth-order valence-electron chi connectivity index (χ4n) is 1.84. The normalized spacial score (nSPS) is 12.0. The molecule has 1 heterocycles. The summed E-state index contributed by atoms with van der Waals surface area (Å²) >= 11 is 2.90. The van der Waals surface area contributed by atoms with E-state index in [0.717, 1.165) is 0 Å². The van der Waals surface area contributed by atoms with Gasteiger partial charge in [0.1, 0.15) is 0 Å². The molecule has 0 atom stereocenters. The molecular weight excluding hydrogens is 379 g/mol. The van der Waals surface area contributed by atoms with Crippen LogP contribution in [-0.2, 0) is 22.3 Å². The quantitative estimate of drug-likeness (QED) is 0.682. The number of hydrogen-bond acceptors (Lipinski definition) is 3. The molecule has 9 heteroatoms. The monoisotopic (exact) mass is 399 g/mol. The average molecular weight is 400 g/mol. The van der Waals surface area contributed by atoms with E-state index in [-0.39, 0.29) is 29.4 Å². The van der Waals surface area contributed by atoms with Gasteiger partial charge in [-0.15, -0.1) is 0 Å². The molecule has 0 radical (unpaired) electrons. The van der Waals surface area contributed by atoms with Gasteiger partial charge in [0.15, 0.2) is 5.69 Å². The minimum atomic E-state index is -4.52. The molecular formula is C14H21BrF3N3O2. The lowest BCUT2D eigenvalue weighted by atomic mass is 10.3. The molecule has 132 valence electrons. The van der Waals surface area contributed by atoms with Gasteiger partial charge >= 0.3 is 6.18 Å². The predicted octanol–water partition coefficient (Wildman–Crippen LogP) is 3.29. The van der Waals surface area contributed by atoms with E-state index in [1.54, 1.807) is 0 Å². The fraction of sp³-hybridized carbons (Fsp3) is 0.714. The Kier molecular flexibility index (Phi) is 7.53. The van der Waals surface area contributed by atoms with Crippen LogP contribution in [0.5, 0.6) is 0 Å². The summed E-state index contributed by atoms with van der Waals surface area (Å²) in [4.78, 5) is 11.7. The zero-order valence-electron chi connectivity index (χ0n) is 13.3. The lowest BCUT2D eigenvalue weighted by molar-refractivity contribution is -0.142. The van der Waals surface area contributed by atoms with Crippen molar-refractivity contribution in [3.63, 3.8) is 0 Å². The summed E-state index contributed by atoms with van der Waals surface area (Å²) in [6, 6.07) is 0. The zero-order valence-corrected chi connectivity index (χ0v) is 14.9. The number of nitrogens with one attached hydrogen (secondary N) is 1. The maximum Gasteiger partial charge on any atom is 0.436 e. The largest absolute Gasteiger partial charge is 0.436 e. The highest BCUT2D eigenvalue weighted by atomic mass is 79.9. The van der Waals surface area contributed by atoms with Crippen molar-refractivity contribution in [2.45, 2.75) is 52.4 Å². The summed E-state index contributed by atoms with van der Waals surface area (Å²) in [6.07, 6.45) is -3.62. The number of nitrogens with zero attached hydrogens (tertiary/aromatic N) is 2. The molecule has 1 rings (SSSR count). The van der Waals surface area contributed by atoms with Crippen LogP contribution in [-0.4, -0.2) is 34.9 Å². The van der Waals surface area contributed by atoms with E-state index in [1.807, 2.05) is 13.8 Å². The van der Waals surface area contributed by atoms with Gasteiger partial charge in [-0.2, -0.15) is 18.3 Å². The van der Waals surface area contributed by atoms with E-state index in [2.05, 4.69) is 26.3 Å². The van der Waals surface area contributed by atoms with Gasteiger partial charge in [-0.05, 0) is 43.1 Å². The highest BCUT2D eigenvalue weighted by Crippen LogP contribution is 2.35. The molecule has 0 spiro atoms. The second kappa shape index (κ2) is 8.68. The first-order chi connectivity index (χ1) is 10.6. The van der Waals surface area contributed by atoms with Crippen LogP contribution in [0.25, 0.3) is 0 Å². The molecule has 0 unspecified atom stereocenters. The fourth-order valence-corrected chi connectivity index (χ4v) is 2.35. The minimum absolute atomic E-state index is 0.0668. The summed E-state index contributed by atoms with van der Waals surface area (Å²) < 4.78 is 44.7. The Bertz CT molecular complexity index is 530. The van der Waals surface area contributed by atoms with Gasteiger partial charge in [-0.25, -0.2) is 0 Å². The number of rotatable bonds is 8. The first-order valence-corrected chi connectivity index (χ1v) is 8.10. The first-order valence-electron chi connectivity index (χ1n) is 7.31. The summed E-state index contributed by atoms with van der Waals surface area (Å²) in [7, 11) is 0. The molecule has 0 saturated heterocycles. The third-order valence-corrected chi connectivity index (χ3v) is 4.00. The van der Waals surface area contributed by atoms with Gasteiger partial charge in [-0.1, -0.05) is 0 Å². The van der Waals surface area contributed by atoms with Crippen LogP contribution in [0.4, 0.5) is 13.2 Å². The van der Waals surface area contributed by atoms with Gasteiger partial charge in [0, 0.05) is 19.6 Å². The van der Waals surface area contributed by atoms with Gasteiger partial charge in [-0.3, -0.25) is 9.48 Å². The lowest BCUT2D eigenvalue weighted by Crippen LogP contribution is -2.26. The minimum Gasteiger partial charge on any atom is -0.379 e. The molecule has 0 fully saturated rings. The smallest absolute Gasteiger partial charge is 0.379 e. The lowest BCUT2D eigenvalue weighted by Gasteiger charge is -2.09. The third-order valence-electron chi connectivity index (χ3n) is 3.05. The van der Waals surface area contributed by atoms with Crippen molar-refractivity contribution in [2.75, 3.05) is 13.2 Å². The molecule has 1 aromatic heterocycles. The molecule has 0 aliphatic carbocycles. The van der Waals surface area contributed by atoms with Crippen LogP contribution in [0.15, 0.2) is 4.47 Å². The first kappa shape index (κ1) is 20.0. The summed E-state index contributed by atoms with van der Waals surface area (Å²) in [6.45, 7) is 6.50. The summed E-state index contributed by atoms with van der Waals surface area (Å²) in [5.74, 6) is -0.228. The second-order valence-corrected chi connectivity index (χ2v) is 6.13. The van der Waals surface area contributed by atoms with E-state index in [9.17, 15) is 18.0 Å². The standard InChI is InChI=1S/C14H21BrF3N3O2/c1-9(2)23-8-4-6-19-11(22)5-7-21-10(3)12(15)13(20-21)14(16,17)18/h9H,4-8H2,1-3H3,(H,19,22). The molecule has 0 bridgehead atoms. The Morgan fingerprint density at radius 2 is 2.09 bits per heavy atom. The Labute approximate surface area is 141 Å². The third kappa shape index (κ3) is 6.50. The molecule has 0 aliphatic heterocycles. The Morgan fingerprint density at radius 1 is 1.43 bits per heavy atom. The number of amides is 1. The molecule has 0 aromatic carbocycles. The number of carbonyl (C=O) groups is 1. The van der Waals surface area contributed by atoms with Crippen LogP contribution in [0, 0.1) is 6.92 Å². The number of carbonyl (C=O) groups excluding carboxylic acids is 1. The Balaban J connectivity index is 2.42. The average Bonchev–Trinajstić information content (AvgIpc) is 2.72. The zero-order chi connectivity index (χ0) is 17.6. The van der Waals surface area contributed by atoms with Crippen molar-refractivity contribution < 1.29 is 22.7 Å². The number of hydrogen-bond donors (Lipinski definition) is 1. The van der Waals surface area contributed by atoms with E-state index < -0.39 is 11.9 Å².